The van der Waals surface area contributed by atoms with Gasteiger partial charge in [0.1, 0.15) is 0 Å². The Kier molecular flexibility index (Phi) is 7.25. The van der Waals surface area contributed by atoms with Crippen LogP contribution in [-0.4, -0.2) is 94.6 Å². The number of hydrogen-bond donors (Lipinski definition) is 0. The van der Waals surface area contributed by atoms with Gasteiger partial charge in [-0.05, 0) is 45.1 Å². The average molecular weight is 397 g/mol. The van der Waals surface area contributed by atoms with Crippen LogP contribution in [-0.2, 0) is 14.8 Å². The summed E-state index contributed by atoms with van der Waals surface area (Å²) in [5.74, 6) is -0.125. The minimum absolute atomic E-state index is 0.0872. The van der Waals surface area contributed by atoms with Crippen molar-refractivity contribution in [2.45, 2.75) is 13.8 Å². The predicted octanol–water partition coefficient (Wildman–Crippen LogP) is 0.775. The van der Waals surface area contributed by atoms with E-state index in [-0.39, 0.29) is 12.5 Å². The van der Waals surface area contributed by atoms with E-state index in [0.29, 0.717) is 26.2 Å². The van der Waals surface area contributed by atoms with Crippen molar-refractivity contribution in [3.8, 4) is 0 Å². The van der Waals surface area contributed by atoms with E-state index < -0.39 is 10.0 Å². The maximum atomic E-state index is 12.7. The highest BCUT2D eigenvalue weighted by Crippen LogP contribution is 2.23. The fourth-order valence-electron chi connectivity index (χ4n) is 3.20. The van der Waals surface area contributed by atoms with Crippen LogP contribution < -0.4 is 4.90 Å². The van der Waals surface area contributed by atoms with E-state index in [2.05, 4.69) is 36.9 Å². The molecule has 0 aromatic heterocycles. The lowest BCUT2D eigenvalue weighted by Gasteiger charge is -2.37. The SMILES string of the molecule is Cc1cccc(N2CCN(C(=O)CN(CCN(C)C)S(C)(=O)=O)CC2)c1C. The quantitative estimate of drug-likeness (QED) is 0.681. The van der Waals surface area contributed by atoms with Gasteiger partial charge >= 0.3 is 0 Å². The molecule has 152 valence electrons. The van der Waals surface area contributed by atoms with Crippen LogP contribution in [0.25, 0.3) is 0 Å². The van der Waals surface area contributed by atoms with Crippen molar-refractivity contribution >= 4 is 21.6 Å². The van der Waals surface area contributed by atoms with E-state index in [1.807, 2.05) is 19.0 Å². The molecule has 2 rings (SSSR count). The fourth-order valence-corrected chi connectivity index (χ4v) is 3.96. The number of amides is 1. The van der Waals surface area contributed by atoms with Crippen molar-refractivity contribution in [2.75, 3.05) is 71.1 Å². The summed E-state index contributed by atoms with van der Waals surface area (Å²) in [6.45, 7) is 7.77. The van der Waals surface area contributed by atoms with Gasteiger partial charge in [0.05, 0.1) is 12.8 Å². The van der Waals surface area contributed by atoms with Gasteiger partial charge in [-0.2, -0.15) is 4.31 Å². The van der Waals surface area contributed by atoms with Gasteiger partial charge in [-0.1, -0.05) is 12.1 Å². The Labute approximate surface area is 163 Å². The van der Waals surface area contributed by atoms with Gasteiger partial charge in [0.15, 0.2) is 0 Å². The molecule has 0 unspecified atom stereocenters. The zero-order valence-electron chi connectivity index (χ0n) is 17.1. The summed E-state index contributed by atoms with van der Waals surface area (Å²) >= 11 is 0. The summed E-state index contributed by atoms with van der Waals surface area (Å²) < 4.78 is 25.3. The number of benzene rings is 1. The van der Waals surface area contributed by atoms with Crippen LogP contribution in [0.15, 0.2) is 18.2 Å². The summed E-state index contributed by atoms with van der Waals surface area (Å²) in [5.41, 5.74) is 3.74. The number of likely N-dealkylation sites (N-methyl/N-ethyl adjacent to an activating group) is 1. The molecule has 1 fully saturated rings. The molecule has 1 aliphatic rings. The molecule has 1 amide bonds. The molecule has 0 N–H and O–H groups in total. The van der Waals surface area contributed by atoms with Gasteiger partial charge in [0.25, 0.3) is 0 Å². The molecule has 0 aliphatic carbocycles. The molecule has 0 bridgehead atoms. The molecular weight excluding hydrogens is 364 g/mol. The topological polar surface area (TPSA) is 64.2 Å². The third-order valence-electron chi connectivity index (χ3n) is 5.13. The second kappa shape index (κ2) is 9.03. The number of anilines is 1. The molecule has 1 aliphatic heterocycles. The summed E-state index contributed by atoms with van der Waals surface area (Å²) in [6, 6.07) is 6.28. The Morgan fingerprint density at radius 1 is 1.07 bits per heavy atom. The first-order chi connectivity index (χ1) is 12.6. The molecule has 1 heterocycles. The highest BCUT2D eigenvalue weighted by atomic mass is 32.2. The van der Waals surface area contributed by atoms with Gasteiger partial charge in [0.2, 0.25) is 15.9 Å². The Morgan fingerprint density at radius 3 is 2.26 bits per heavy atom. The Hall–Kier alpha value is -1.64. The van der Waals surface area contributed by atoms with Gasteiger partial charge in [-0.15, -0.1) is 0 Å². The van der Waals surface area contributed by atoms with Crippen molar-refractivity contribution in [3.05, 3.63) is 29.3 Å². The van der Waals surface area contributed by atoms with Crippen molar-refractivity contribution in [1.29, 1.82) is 0 Å². The van der Waals surface area contributed by atoms with Crippen LogP contribution in [0.3, 0.4) is 0 Å². The molecule has 0 spiro atoms. The first-order valence-corrected chi connectivity index (χ1v) is 11.1. The highest BCUT2D eigenvalue weighted by molar-refractivity contribution is 7.88. The lowest BCUT2D eigenvalue weighted by atomic mass is 10.1. The zero-order valence-corrected chi connectivity index (χ0v) is 17.9. The molecule has 1 aromatic rings. The molecule has 8 heteroatoms. The zero-order chi connectivity index (χ0) is 20.2. The van der Waals surface area contributed by atoms with Crippen LogP contribution in [0.1, 0.15) is 11.1 Å². The fraction of sp³-hybridized carbons (Fsp3) is 0.632. The van der Waals surface area contributed by atoms with Gasteiger partial charge in [0, 0.05) is 45.0 Å². The standard InChI is InChI=1S/C19H32N4O3S/c1-16-7-6-8-18(17(16)2)21-10-12-22(13-11-21)19(24)15-23(27(5,25)26)14-9-20(3)4/h6-8H,9-15H2,1-5H3. The van der Waals surface area contributed by atoms with Crippen molar-refractivity contribution < 1.29 is 13.2 Å². The van der Waals surface area contributed by atoms with Crippen LogP contribution in [0.4, 0.5) is 5.69 Å². The van der Waals surface area contributed by atoms with E-state index in [9.17, 15) is 13.2 Å². The van der Waals surface area contributed by atoms with Crippen LogP contribution >= 0.6 is 0 Å². The van der Waals surface area contributed by atoms with Crippen LogP contribution in [0, 0.1) is 13.8 Å². The molecule has 0 atom stereocenters. The minimum Gasteiger partial charge on any atom is -0.368 e. The highest BCUT2D eigenvalue weighted by Gasteiger charge is 2.26. The van der Waals surface area contributed by atoms with Gasteiger partial charge in [-0.25, -0.2) is 8.42 Å². The maximum absolute atomic E-state index is 12.7. The Morgan fingerprint density at radius 2 is 1.70 bits per heavy atom. The van der Waals surface area contributed by atoms with Crippen LogP contribution in [0.5, 0.6) is 0 Å². The molecule has 0 saturated carbocycles. The largest absolute Gasteiger partial charge is 0.368 e. The number of rotatable bonds is 7. The van der Waals surface area contributed by atoms with E-state index >= 15 is 0 Å². The molecule has 1 saturated heterocycles. The lowest BCUT2D eigenvalue weighted by molar-refractivity contribution is -0.131. The molecule has 0 radical (unpaired) electrons. The average Bonchev–Trinajstić information content (AvgIpc) is 2.59. The number of nitrogens with zero attached hydrogens (tertiary/aromatic N) is 4. The molecular formula is C19H32N4O3S. The number of piperazine rings is 1. The summed E-state index contributed by atoms with van der Waals surface area (Å²) in [6.07, 6.45) is 1.16. The maximum Gasteiger partial charge on any atom is 0.238 e. The summed E-state index contributed by atoms with van der Waals surface area (Å²) in [4.78, 5) is 18.6. The minimum atomic E-state index is -3.41. The number of aryl methyl sites for hydroxylation is 1. The third kappa shape index (κ3) is 5.92. The number of carbonyl (C=O) groups is 1. The van der Waals surface area contributed by atoms with Crippen molar-refractivity contribution in [3.63, 3.8) is 0 Å². The van der Waals surface area contributed by atoms with Crippen molar-refractivity contribution in [1.82, 2.24) is 14.1 Å². The first-order valence-electron chi connectivity index (χ1n) is 9.28. The van der Waals surface area contributed by atoms with E-state index in [4.69, 9.17) is 0 Å². The number of sulfonamides is 1. The third-order valence-corrected chi connectivity index (χ3v) is 6.38. The summed E-state index contributed by atoms with van der Waals surface area (Å²) in [5, 5.41) is 0. The smallest absolute Gasteiger partial charge is 0.238 e. The Balaban J connectivity index is 1.96. The normalized spacial score (nSPS) is 15.7. The monoisotopic (exact) mass is 396 g/mol. The van der Waals surface area contributed by atoms with Gasteiger partial charge < -0.3 is 14.7 Å². The second-order valence-corrected chi connectivity index (χ2v) is 9.47. The van der Waals surface area contributed by atoms with Crippen LogP contribution in [0.2, 0.25) is 0 Å². The van der Waals surface area contributed by atoms with Crippen molar-refractivity contribution in [2.24, 2.45) is 0 Å². The van der Waals surface area contributed by atoms with E-state index in [0.717, 1.165) is 19.3 Å². The Bertz CT molecular complexity index is 756. The molecule has 1 aromatic carbocycles. The predicted molar refractivity (Wildman–Crippen MR) is 110 cm³/mol. The molecule has 7 nitrogen and oxygen atoms in total. The molecule has 27 heavy (non-hydrogen) atoms. The van der Waals surface area contributed by atoms with Gasteiger partial charge in [-0.3, -0.25) is 4.79 Å². The number of hydrogen-bond acceptors (Lipinski definition) is 5. The first kappa shape index (κ1) is 21.7. The summed E-state index contributed by atoms with van der Waals surface area (Å²) in [7, 11) is 0.358. The van der Waals surface area contributed by atoms with E-state index in [1.54, 1.807) is 4.90 Å². The van der Waals surface area contributed by atoms with E-state index in [1.165, 1.54) is 21.1 Å². The number of carbonyl (C=O) groups excluding carboxylic acids is 1. The lowest BCUT2D eigenvalue weighted by Crippen LogP contribution is -2.52. The second-order valence-electron chi connectivity index (χ2n) is 7.49.